The van der Waals surface area contributed by atoms with Crippen LogP contribution in [0.1, 0.15) is 36.8 Å². The van der Waals surface area contributed by atoms with Gasteiger partial charge in [-0.15, -0.1) is 0 Å². The molecule has 0 bridgehead atoms. The van der Waals surface area contributed by atoms with Gasteiger partial charge in [-0.25, -0.2) is 0 Å². The fourth-order valence-corrected chi connectivity index (χ4v) is 3.28. The molecule has 1 aliphatic rings. The van der Waals surface area contributed by atoms with Crippen molar-refractivity contribution >= 4 is 0 Å². The Kier molecular flexibility index (Phi) is 5.02. The number of hydrogen-bond donors (Lipinski definition) is 1. The largest absolute Gasteiger partial charge is 0.473 e. The fourth-order valence-electron chi connectivity index (χ4n) is 3.28. The predicted molar refractivity (Wildman–Crippen MR) is 95.7 cm³/mol. The summed E-state index contributed by atoms with van der Waals surface area (Å²) < 4.78 is 6.46. The van der Waals surface area contributed by atoms with Gasteiger partial charge in [0.2, 0.25) is 0 Å². The van der Waals surface area contributed by atoms with Crippen LogP contribution >= 0.6 is 0 Å². The molecule has 2 heteroatoms. The molecule has 2 aromatic rings. The first-order chi connectivity index (χ1) is 11.2. The Labute approximate surface area is 139 Å². The van der Waals surface area contributed by atoms with Crippen molar-refractivity contribution in [3.05, 3.63) is 65.7 Å². The highest BCUT2D eigenvalue weighted by atomic mass is 16.5. The normalized spacial score (nSPS) is 16.8. The van der Waals surface area contributed by atoms with Gasteiger partial charge in [-0.1, -0.05) is 48.0 Å². The average Bonchev–Trinajstić information content (AvgIpc) is 3.42. The van der Waals surface area contributed by atoms with Crippen LogP contribution in [0, 0.1) is 12.8 Å². The third kappa shape index (κ3) is 4.14. The van der Waals surface area contributed by atoms with Crippen LogP contribution in [0.25, 0.3) is 0 Å². The van der Waals surface area contributed by atoms with Gasteiger partial charge in [-0.3, -0.25) is 5.32 Å². The molecule has 0 aliphatic heterocycles. The Morgan fingerprint density at radius 3 is 2.35 bits per heavy atom. The predicted octanol–water partition coefficient (Wildman–Crippen LogP) is 4.72. The van der Waals surface area contributed by atoms with Gasteiger partial charge < -0.3 is 4.74 Å². The molecule has 2 aromatic carbocycles. The number of hydrogen-bond acceptors (Lipinski definition) is 2. The van der Waals surface area contributed by atoms with Gasteiger partial charge in [0.15, 0.2) is 5.72 Å². The van der Waals surface area contributed by atoms with E-state index in [1.807, 2.05) is 7.05 Å². The Hall–Kier alpha value is -1.80. The van der Waals surface area contributed by atoms with Crippen molar-refractivity contribution in [2.75, 3.05) is 7.05 Å². The molecule has 1 fully saturated rings. The highest BCUT2D eigenvalue weighted by molar-refractivity contribution is 5.27. The molecule has 2 nitrogen and oxygen atoms in total. The number of aryl methyl sites for hydroxylation is 2. The Morgan fingerprint density at radius 1 is 1.04 bits per heavy atom. The number of nitrogens with one attached hydrogen (secondary N) is 1. The van der Waals surface area contributed by atoms with Crippen LogP contribution in [0.2, 0.25) is 0 Å². The van der Waals surface area contributed by atoms with Gasteiger partial charge in [0.25, 0.3) is 0 Å². The van der Waals surface area contributed by atoms with E-state index in [0.717, 1.165) is 25.0 Å². The molecule has 1 atom stereocenters. The minimum absolute atomic E-state index is 0.218. The molecular weight excluding hydrogens is 282 g/mol. The number of benzene rings is 2. The van der Waals surface area contributed by atoms with Crippen LogP contribution in [0.15, 0.2) is 54.6 Å². The lowest BCUT2D eigenvalue weighted by Crippen LogP contribution is -2.50. The first-order valence-electron chi connectivity index (χ1n) is 8.70. The molecular formula is C21H27NO. The van der Waals surface area contributed by atoms with Crippen LogP contribution in [-0.2, 0) is 6.42 Å². The molecule has 1 N–H and O–H groups in total. The van der Waals surface area contributed by atoms with E-state index in [1.165, 1.54) is 24.0 Å². The maximum absolute atomic E-state index is 6.46. The molecule has 1 aliphatic carbocycles. The summed E-state index contributed by atoms with van der Waals surface area (Å²) in [6.07, 6.45) is 5.80. The summed E-state index contributed by atoms with van der Waals surface area (Å²) in [6.45, 7) is 2.11. The second-order valence-electron chi connectivity index (χ2n) is 6.67. The van der Waals surface area contributed by atoms with E-state index in [1.54, 1.807) is 0 Å². The van der Waals surface area contributed by atoms with E-state index < -0.39 is 0 Å². The second-order valence-corrected chi connectivity index (χ2v) is 6.67. The van der Waals surface area contributed by atoms with Crippen LogP contribution in [0.4, 0.5) is 0 Å². The standard InChI is InChI=1S/C21H27NO/c1-17-10-14-20(15-11-17)23-21(22-2,19-12-13-19)16-6-9-18-7-4-3-5-8-18/h3-5,7-8,10-11,14-15,19,22H,6,9,12-13,16H2,1-2H3. The van der Waals surface area contributed by atoms with Gasteiger partial charge in [-0.2, -0.15) is 0 Å². The zero-order valence-electron chi connectivity index (χ0n) is 14.2. The van der Waals surface area contributed by atoms with Gasteiger partial charge in [0.05, 0.1) is 0 Å². The van der Waals surface area contributed by atoms with Crippen LogP contribution in [0.3, 0.4) is 0 Å². The molecule has 0 aromatic heterocycles. The zero-order valence-corrected chi connectivity index (χ0v) is 14.2. The number of rotatable bonds is 8. The molecule has 0 spiro atoms. The van der Waals surface area contributed by atoms with Gasteiger partial charge in [0, 0.05) is 12.3 Å². The topological polar surface area (TPSA) is 21.3 Å². The Bertz CT molecular complexity index is 603. The van der Waals surface area contributed by atoms with Gasteiger partial charge in [-0.05, 0) is 57.4 Å². The SMILES string of the molecule is CNC(CCCc1ccccc1)(Oc1ccc(C)cc1)C1CC1. The lowest BCUT2D eigenvalue weighted by molar-refractivity contribution is 0.00753. The van der Waals surface area contributed by atoms with Crippen LogP contribution < -0.4 is 10.1 Å². The Balaban J connectivity index is 1.65. The van der Waals surface area contributed by atoms with E-state index >= 15 is 0 Å². The van der Waals surface area contributed by atoms with Crippen molar-refractivity contribution in [3.8, 4) is 5.75 Å². The van der Waals surface area contributed by atoms with E-state index in [2.05, 4.69) is 66.8 Å². The fraction of sp³-hybridized carbons (Fsp3) is 0.429. The maximum atomic E-state index is 6.46. The lowest BCUT2D eigenvalue weighted by atomic mass is 9.98. The molecule has 23 heavy (non-hydrogen) atoms. The lowest BCUT2D eigenvalue weighted by Gasteiger charge is -2.35. The first-order valence-corrected chi connectivity index (χ1v) is 8.70. The third-order valence-corrected chi connectivity index (χ3v) is 4.84. The van der Waals surface area contributed by atoms with Crippen molar-refractivity contribution in [1.82, 2.24) is 5.32 Å². The van der Waals surface area contributed by atoms with Crippen molar-refractivity contribution < 1.29 is 4.74 Å². The molecule has 0 saturated heterocycles. The zero-order chi connectivity index (χ0) is 16.1. The summed E-state index contributed by atoms with van der Waals surface area (Å²) >= 11 is 0. The summed E-state index contributed by atoms with van der Waals surface area (Å²) in [4.78, 5) is 0. The maximum Gasteiger partial charge on any atom is 0.163 e. The van der Waals surface area contributed by atoms with Crippen molar-refractivity contribution in [1.29, 1.82) is 0 Å². The van der Waals surface area contributed by atoms with E-state index in [4.69, 9.17) is 4.74 Å². The van der Waals surface area contributed by atoms with Gasteiger partial charge in [0.1, 0.15) is 5.75 Å². The van der Waals surface area contributed by atoms with Crippen LogP contribution in [-0.4, -0.2) is 12.8 Å². The molecule has 0 amide bonds. The number of ether oxygens (including phenoxy) is 1. The monoisotopic (exact) mass is 309 g/mol. The highest BCUT2D eigenvalue weighted by Gasteiger charge is 2.46. The van der Waals surface area contributed by atoms with Crippen molar-refractivity contribution in [2.24, 2.45) is 5.92 Å². The minimum atomic E-state index is -0.218. The summed E-state index contributed by atoms with van der Waals surface area (Å²) in [5.74, 6) is 1.60. The quantitative estimate of drug-likeness (QED) is 0.712. The molecule has 3 rings (SSSR count). The van der Waals surface area contributed by atoms with Crippen LogP contribution in [0.5, 0.6) is 5.75 Å². The Morgan fingerprint density at radius 2 is 1.74 bits per heavy atom. The summed E-state index contributed by atoms with van der Waals surface area (Å²) in [7, 11) is 2.04. The van der Waals surface area contributed by atoms with E-state index in [0.29, 0.717) is 5.92 Å². The molecule has 0 radical (unpaired) electrons. The molecule has 1 saturated carbocycles. The molecule has 122 valence electrons. The van der Waals surface area contributed by atoms with E-state index in [9.17, 15) is 0 Å². The summed E-state index contributed by atoms with van der Waals surface area (Å²) in [5, 5.41) is 3.50. The third-order valence-electron chi connectivity index (χ3n) is 4.84. The highest BCUT2D eigenvalue weighted by Crippen LogP contribution is 2.43. The average molecular weight is 309 g/mol. The first kappa shape index (κ1) is 16.1. The second kappa shape index (κ2) is 7.18. The van der Waals surface area contributed by atoms with Crippen molar-refractivity contribution in [2.45, 2.75) is 44.8 Å². The smallest absolute Gasteiger partial charge is 0.163 e. The van der Waals surface area contributed by atoms with Gasteiger partial charge >= 0.3 is 0 Å². The van der Waals surface area contributed by atoms with Crippen molar-refractivity contribution in [3.63, 3.8) is 0 Å². The molecule has 1 unspecified atom stereocenters. The van der Waals surface area contributed by atoms with E-state index in [-0.39, 0.29) is 5.72 Å². The summed E-state index contributed by atoms with van der Waals surface area (Å²) in [5.41, 5.74) is 2.45. The summed E-state index contributed by atoms with van der Waals surface area (Å²) in [6, 6.07) is 19.1. The minimum Gasteiger partial charge on any atom is -0.473 e. The molecule has 0 heterocycles.